The van der Waals surface area contributed by atoms with E-state index in [1.165, 1.54) is 55.5 Å². The van der Waals surface area contributed by atoms with Crippen LogP contribution in [0.5, 0.6) is 0 Å². The van der Waals surface area contributed by atoms with Crippen molar-refractivity contribution in [2.24, 2.45) is 13.0 Å². The van der Waals surface area contributed by atoms with Crippen LogP contribution in [0.3, 0.4) is 0 Å². The standard InChI is InChI=1S/C18H28N4O2/c1-21-17(23)10-9-16(20-21)18(24)19-15-8-5-11-22(13-15)12-14-6-3-2-4-7-14/h9-10,14-15H,2-8,11-13H2,1H3,(H,19,24)/t15-/m1/s1. The molecule has 6 nitrogen and oxygen atoms in total. The van der Waals surface area contributed by atoms with Gasteiger partial charge in [-0.1, -0.05) is 19.3 Å². The maximum absolute atomic E-state index is 12.4. The van der Waals surface area contributed by atoms with Crippen molar-refractivity contribution in [2.75, 3.05) is 19.6 Å². The molecule has 6 heteroatoms. The molecule has 3 rings (SSSR count). The topological polar surface area (TPSA) is 67.2 Å². The van der Waals surface area contributed by atoms with Gasteiger partial charge in [0.25, 0.3) is 11.5 Å². The maximum atomic E-state index is 12.4. The zero-order chi connectivity index (χ0) is 16.9. The lowest BCUT2D eigenvalue weighted by molar-refractivity contribution is 0.0883. The lowest BCUT2D eigenvalue weighted by Crippen LogP contribution is -2.49. The molecular weight excluding hydrogens is 304 g/mol. The summed E-state index contributed by atoms with van der Waals surface area (Å²) in [6.45, 7) is 3.24. The Balaban J connectivity index is 1.53. The van der Waals surface area contributed by atoms with Crippen molar-refractivity contribution in [2.45, 2.75) is 51.0 Å². The number of likely N-dealkylation sites (tertiary alicyclic amines) is 1. The highest BCUT2D eigenvalue weighted by molar-refractivity contribution is 5.92. The largest absolute Gasteiger partial charge is 0.347 e. The Labute approximate surface area is 143 Å². The summed E-state index contributed by atoms with van der Waals surface area (Å²) in [5.41, 5.74) is 0.101. The van der Waals surface area contributed by atoms with Crippen LogP contribution in [0.25, 0.3) is 0 Å². The molecule has 1 saturated carbocycles. The van der Waals surface area contributed by atoms with E-state index in [9.17, 15) is 9.59 Å². The highest BCUT2D eigenvalue weighted by Gasteiger charge is 2.25. The number of nitrogens with zero attached hydrogens (tertiary/aromatic N) is 3. The molecule has 0 spiro atoms. The SMILES string of the molecule is Cn1nc(C(=O)N[C@@H]2CCCN(CC3CCCCC3)C2)ccc1=O. The summed E-state index contributed by atoms with van der Waals surface area (Å²) in [6, 6.07) is 3.06. The maximum Gasteiger partial charge on any atom is 0.271 e. The van der Waals surface area contributed by atoms with Gasteiger partial charge in [-0.05, 0) is 44.2 Å². The molecule has 1 aromatic rings. The van der Waals surface area contributed by atoms with Crippen molar-refractivity contribution in [3.05, 3.63) is 28.2 Å². The fourth-order valence-electron chi connectivity index (χ4n) is 3.96. The predicted molar refractivity (Wildman–Crippen MR) is 93.0 cm³/mol. The van der Waals surface area contributed by atoms with Crippen molar-refractivity contribution in [1.29, 1.82) is 0 Å². The third-order valence-electron chi connectivity index (χ3n) is 5.27. The average molecular weight is 332 g/mol. The molecule has 2 fully saturated rings. The summed E-state index contributed by atoms with van der Waals surface area (Å²) >= 11 is 0. The van der Waals surface area contributed by atoms with E-state index in [-0.39, 0.29) is 17.5 Å². The van der Waals surface area contributed by atoms with Gasteiger partial charge in [-0.25, -0.2) is 4.68 Å². The molecule has 1 saturated heterocycles. The number of aryl methyl sites for hydroxylation is 1. The van der Waals surface area contributed by atoms with Crippen LogP contribution >= 0.6 is 0 Å². The van der Waals surface area contributed by atoms with Gasteiger partial charge in [-0.3, -0.25) is 9.59 Å². The zero-order valence-electron chi connectivity index (χ0n) is 14.5. The average Bonchev–Trinajstić information content (AvgIpc) is 2.58. The lowest BCUT2D eigenvalue weighted by atomic mass is 9.88. The molecule has 1 atom stereocenters. The second-order valence-electron chi connectivity index (χ2n) is 7.26. The minimum absolute atomic E-state index is 0.175. The Morgan fingerprint density at radius 3 is 2.75 bits per heavy atom. The highest BCUT2D eigenvalue weighted by atomic mass is 16.2. The first-order valence-electron chi connectivity index (χ1n) is 9.19. The van der Waals surface area contributed by atoms with Crippen molar-refractivity contribution >= 4 is 5.91 Å². The van der Waals surface area contributed by atoms with Crippen molar-refractivity contribution in [3.63, 3.8) is 0 Å². The number of amides is 1. The first kappa shape index (κ1) is 17.1. The molecule has 1 aromatic heterocycles. The summed E-state index contributed by atoms with van der Waals surface area (Å²) in [5, 5.41) is 7.12. The van der Waals surface area contributed by atoms with Gasteiger partial charge in [0.05, 0.1) is 0 Å². The van der Waals surface area contributed by atoms with Gasteiger partial charge in [0.1, 0.15) is 5.69 Å². The van der Waals surface area contributed by atoms with Gasteiger partial charge >= 0.3 is 0 Å². The van der Waals surface area contributed by atoms with Gasteiger partial charge in [-0.2, -0.15) is 5.10 Å². The fourth-order valence-corrected chi connectivity index (χ4v) is 3.96. The van der Waals surface area contributed by atoms with Gasteiger partial charge in [-0.15, -0.1) is 0 Å². The number of hydrogen-bond acceptors (Lipinski definition) is 4. The summed E-state index contributed by atoms with van der Waals surface area (Å²) in [6.07, 6.45) is 8.98. The quantitative estimate of drug-likeness (QED) is 0.908. The van der Waals surface area contributed by atoms with Crippen molar-refractivity contribution < 1.29 is 4.79 Å². The lowest BCUT2D eigenvalue weighted by Gasteiger charge is -2.36. The van der Waals surface area contributed by atoms with Crippen LogP contribution in [0, 0.1) is 5.92 Å². The molecule has 2 aliphatic rings. The zero-order valence-corrected chi connectivity index (χ0v) is 14.5. The third-order valence-corrected chi connectivity index (χ3v) is 5.27. The Bertz CT molecular complexity index is 622. The molecule has 0 radical (unpaired) electrons. The van der Waals surface area contributed by atoms with E-state index < -0.39 is 0 Å². The van der Waals surface area contributed by atoms with Crippen molar-refractivity contribution in [1.82, 2.24) is 20.0 Å². The molecule has 1 amide bonds. The number of carbonyl (C=O) groups is 1. The van der Waals surface area contributed by atoms with E-state index in [0.29, 0.717) is 5.69 Å². The summed E-state index contributed by atoms with van der Waals surface area (Å²) in [7, 11) is 1.56. The van der Waals surface area contributed by atoms with Gasteiger partial charge in [0.15, 0.2) is 0 Å². The number of carbonyl (C=O) groups excluding carboxylic acids is 1. The van der Waals surface area contributed by atoms with Gasteiger partial charge in [0, 0.05) is 32.2 Å². The molecule has 132 valence electrons. The van der Waals surface area contributed by atoms with Crippen LogP contribution in [0.4, 0.5) is 0 Å². The van der Waals surface area contributed by atoms with E-state index in [1.54, 1.807) is 7.05 Å². The van der Waals surface area contributed by atoms with Crippen LogP contribution < -0.4 is 10.9 Å². The van der Waals surface area contributed by atoms with E-state index in [0.717, 1.165) is 31.8 Å². The molecule has 1 N–H and O–H groups in total. The van der Waals surface area contributed by atoms with E-state index in [4.69, 9.17) is 0 Å². The highest BCUT2D eigenvalue weighted by Crippen LogP contribution is 2.25. The predicted octanol–water partition coefficient (Wildman–Crippen LogP) is 1.55. The van der Waals surface area contributed by atoms with Crippen LogP contribution in [-0.4, -0.2) is 46.3 Å². The molecule has 0 bridgehead atoms. The number of rotatable bonds is 4. The van der Waals surface area contributed by atoms with Crippen LogP contribution in [0.2, 0.25) is 0 Å². The summed E-state index contributed by atoms with van der Waals surface area (Å²) in [5.74, 6) is 0.647. The molecule has 0 unspecified atom stereocenters. The second kappa shape index (κ2) is 7.92. The monoisotopic (exact) mass is 332 g/mol. The Morgan fingerprint density at radius 1 is 1.21 bits per heavy atom. The van der Waals surface area contributed by atoms with Crippen LogP contribution in [0.1, 0.15) is 55.4 Å². The van der Waals surface area contributed by atoms with E-state index >= 15 is 0 Å². The third kappa shape index (κ3) is 4.44. The molecule has 24 heavy (non-hydrogen) atoms. The number of piperidine rings is 1. The van der Waals surface area contributed by atoms with Gasteiger partial charge < -0.3 is 10.2 Å². The molecule has 1 aliphatic heterocycles. The first-order valence-corrected chi connectivity index (χ1v) is 9.19. The normalized spacial score (nSPS) is 23.1. The Hall–Kier alpha value is -1.69. The van der Waals surface area contributed by atoms with Crippen molar-refractivity contribution in [3.8, 4) is 0 Å². The molecule has 2 heterocycles. The Kier molecular flexibility index (Phi) is 5.66. The number of hydrogen-bond donors (Lipinski definition) is 1. The minimum atomic E-state index is -0.206. The fraction of sp³-hybridized carbons (Fsp3) is 0.722. The van der Waals surface area contributed by atoms with Crippen LogP contribution in [0.15, 0.2) is 16.9 Å². The number of aromatic nitrogens is 2. The summed E-state index contributed by atoms with van der Waals surface area (Å²) < 4.78 is 1.20. The first-order chi connectivity index (χ1) is 11.6. The van der Waals surface area contributed by atoms with E-state index in [2.05, 4.69) is 15.3 Å². The minimum Gasteiger partial charge on any atom is -0.347 e. The van der Waals surface area contributed by atoms with E-state index in [1.807, 2.05) is 0 Å². The smallest absolute Gasteiger partial charge is 0.271 e. The number of nitrogens with one attached hydrogen (secondary N) is 1. The molecular formula is C18H28N4O2. The Morgan fingerprint density at radius 2 is 2.00 bits per heavy atom. The van der Waals surface area contributed by atoms with Crippen LogP contribution in [-0.2, 0) is 7.05 Å². The molecule has 0 aromatic carbocycles. The van der Waals surface area contributed by atoms with Gasteiger partial charge in [0.2, 0.25) is 0 Å². The summed E-state index contributed by atoms with van der Waals surface area (Å²) in [4.78, 5) is 26.3. The second-order valence-corrected chi connectivity index (χ2v) is 7.26. The molecule has 1 aliphatic carbocycles.